The van der Waals surface area contributed by atoms with Gasteiger partial charge in [0.25, 0.3) is 5.91 Å². The Balaban J connectivity index is 1.84. The van der Waals surface area contributed by atoms with Crippen LogP contribution in [0.25, 0.3) is 0 Å². The SMILES string of the molecule is COCc1ccc(C(=O)NC(c2ccccc2)c2ccncc2)cc1. The number of nitrogens with one attached hydrogen (secondary N) is 1. The Bertz CT molecular complexity index is 763. The molecule has 0 radical (unpaired) electrons. The summed E-state index contributed by atoms with van der Waals surface area (Å²) in [5.74, 6) is -0.116. The van der Waals surface area contributed by atoms with Crippen LogP contribution in [0.3, 0.4) is 0 Å². The molecule has 0 saturated carbocycles. The number of amides is 1. The van der Waals surface area contributed by atoms with Crippen LogP contribution in [0.2, 0.25) is 0 Å². The van der Waals surface area contributed by atoms with E-state index in [9.17, 15) is 4.79 Å². The smallest absolute Gasteiger partial charge is 0.252 e. The van der Waals surface area contributed by atoms with Crippen molar-refractivity contribution in [3.63, 3.8) is 0 Å². The number of pyridine rings is 1. The fourth-order valence-corrected chi connectivity index (χ4v) is 2.69. The van der Waals surface area contributed by atoms with Gasteiger partial charge in [0.05, 0.1) is 12.6 Å². The molecule has 0 saturated heterocycles. The second-order valence-corrected chi connectivity index (χ2v) is 5.73. The lowest BCUT2D eigenvalue weighted by molar-refractivity contribution is 0.0943. The minimum atomic E-state index is -0.227. The molecule has 0 bridgehead atoms. The van der Waals surface area contributed by atoms with Gasteiger partial charge in [-0.2, -0.15) is 0 Å². The van der Waals surface area contributed by atoms with Gasteiger partial charge in [-0.25, -0.2) is 0 Å². The van der Waals surface area contributed by atoms with Gasteiger partial charge in [-0.3, -0.25) is 9.78 Å². The number of nitrogens with zero attached hydrogens (tertiary/aromatic N) is 1. The zero-order valence-electron chi connectivity index (χ0n) is 14.1. The van der Waals surface area contributed by atoms with Crippen LogP contribution in [0.5, 0.6) is 0 Å². The zero-order chi connectivity index (χ0) is 17.5. The number of rotatable bonds is 6. The zero-order valence-corrected chi connectivity index (χ0v) is 14.1. The highest BCUT2D eigenvalue weighted by Crippen LogP contribution is 2.22. The highest BCUT2D eigenvalue weighted by molar-refractivity contribution is 5.94. The number of hydrogen-bond acceptors (Lipinski definition) is 3. The maximum atomic E-state index is 12.7. The summed E-state index contributed by atoms with van der Waals surface area (Å²) in [5.41, 5.74) is 3.67. The van der Waals surface area contributed by atoms with Gasteiger partial charge >= 0.3 is 0 Å². The third kappa shape index (κ3) is 4.31. The molecule has 0 aliphatic rings. The lowest BCUT2D eigenvalue weighted by Gasteiger charge is -2.20. The molecule has 0 spiro atoms. The van der Waals surface area contributed by atoms with Gasteiger partial charge in [0.1, 0.15) is 0 Å². The van der Waals surface area contributed by atoms with Gasteiger partial charge in [-0.1, -0.05) is 42.5 Å². The summed E-state index contributed by atoms with van der Waals surface area (Å²) in [7, 11) is 1.65. The molecule has 1 unspecified atom stereocenters. The third-order valence-corrected chi connectivity index (χ3v) is 3.97. The molecule has 1 N–H and O–H groups in total. The van der Waals surface area contributed by atoms with E-state index >= 15 is 0 Å². The Kier molecular flexibility index (Phi) is 5.54. The minimum Gasteiger partial charge on any atom is -0.380 e. The fourth-order valence-electron chi connectivity index (χ4n) is 2.69. The van der Waals surface area contributed by atoms with Crippen molar-refractivity contribution in [2.75, 3.05) is 7.11 Å². The Labute approximate surface area is 147 Å². The summed E-state index contributed by atoms with van der Waals surface area (Å²) < 4.78 is 5.10. The van der Waals surface area contributed by atoms with Crippen LogP contribution in [0.4, 0.5) is 0 Å². The monoisotopic (exact) mass is 332 g/mol. The van der Waals surface area contributed by atoms with Crippen LogP contribution in [-0.2, 0) is 11.3 Å². The lowest BCUT2D eigenvalue weighted by atomic mass is 9.99. The number of methoxy groups -OCH3 is 1. The number of hydrogen-bond donors (Lipinski definition) is 1. The predicted molar refractivity (Wildman–Crippen MR) is 97.1 cm³/mol. The highest BCUT2D eigenvalue weighted by Gasteiger charge is 2.17. The van der Waals surface area contributed by atoms with E-state index < -0.39 is 0 Å². The maximum Gasteiger partial charge on any atom is 0.252 e. The van der Waals surface area contributed by atoms with Crippen molar-refractivity contribution < 1.29 is 9.53 Å². The van der Waals surface area contributed by atoms with E-state index in [2.05, 4.69) is 10.3 Å². The summed E-state index contributed by atoms with van der Waals surface area (Å²) in [6, 6.07) is 21.0. The average molecular weight is 332 g/mol. The minimum absolute atomic E-state index is 0.116. The number of benzene rings is 2. The van der Waals surface area contributed by atoms with E-state index in [1.54, 1.807) is 19.5 Å². The molecule has 1 aromatic heterocycles. The van der Waals surface area contributed by atoms with E-state index in [1.807, 2.05) is 66.7 Å². The van der Waals surface area contributed by atoms with Crippen LogP contribution in [-0.4, -0.2) is 18.0 Å². The molecule has 3 aromatic rings. The summed E-state index contributed by atoms with van der Waals surface area (Å²) in [5, 5.41) is 3.12. The second-order valence-electron chi connectivity index (χ2n) is 5.73. The Morgan fingerprint density at radius 1 is 0.960 bits per heavy atom. The highest BCUT2D eigenvalue weighted by atomic mass is 16.5. The van der Waals surface area contributed by atoms with Crippen LogP contribution in [0.1, 0.15) is 33.1 Å². The predicted octanol–water partition coefficient (Wildman–Crippen LogP) is 3.75. The summed E-state index contributed by atoms with van der Waals surface area (Å²) in [6.45, 7) is 0.533. The van der Waals surface area contributed by atoms with Crippen LogP contribution in [0.15, 0.2) is 79.1 Å². The number of carbonyl (C=O) groups excluding carboxylic acids is 1. The first kappa shape index (κ1) is 16.9. The largest absolute Gasteiger partial charge is 0.380 e. The molecule has 126 valence electrons. The molecular weight excluding hydrogens is 312 g/mol. The molecular formula is C21H20N2O2. The second kappa shape index (κ2) is 8.22. The Morgan fingerprint density at radius 3 is 2.24 bits per heavy atom. The third-order valence-electron chi connectivity index (χ3n) is 3.97. The molecule has 4 heteroatoms. The van der Waals surface area contributed by atoms with E-state index in [-0.39, 0.29) is 11.9 Å². The molecule has 3 rings (SSSR count). The summed E-state index contributed by atoms with van der Waals surface area (Å²) in [6.07, 6.45) is 3.47. The van der Waals surface area contributed by atoms with Gasteiger partial charge in [0.2, 0.25) is 0 Å². The van der Waals surface area contributed by atoms with E-state index in [0.29, 0.717) is 12.2 Å². The van der Waals surface area contributed by atoms with Crippen molar-refractivity contribution >= 4 is 5.91 Å². The van der Waals surface area contributed by atoms with Gasteiger partial charge in [-0.15, -0.1) is 0 Å². The van der Waals surface area contributed by atoms with Crippen molar-refractivity contribution in [1.29, 1.82) is 0 Å². The first-order valence-electron chi connectivity index (χ1n) is 8.11. The Hall–Kier alpha value is -2.98. The number of aromatic nitrogens is 1. The van der Waals surface area contributed by atoms with Crippen LogP contribution >= 0.6 is 0 Å². The molecule has 4 nitrogen and oxygen atoms in total. The standard InChI is InChI=1S/C21H20N2O2/c1-25-15-16-7-9-19(10-8-16)21(24)23-20(17-5-3-2-4-6-17)18-11-13-22-14-12-18/h2-14,20H,15H2,1H3,(H,23,24). The van der Waals surface area contributed by atoms with E-state index in [1.165, 1.54) is 0 Å². The average Bonchev–Trinajstić information content (AvgIpc) is 2.68. The van der Waals surface area contributed by atoms with Gasteiger partial charge in [0.15, 0.2) is 0 Å². The molecule has 25 heavy (non-hydrogen) atoms. The van der Waals surface area contributed by atoms with Gasteiger partial charge in [-0.05, 0) is 41.0 Å². The summed E-state index contributed by atoms with van der Waals surface area (Å²) >= 11 is 0. The van der Waals surface area contributed by atoms with Crippen molar-refractivity contribution in [2.24, 2.45) is 0 Å². The molecule has 1 heterocycles. The summed E-state index contributed by atoms with van der Waals surface area (Å²) in [4.78, 5) is 16.8. The van der Waals surface area contributed by atoms with Gasteiger partial charge in [0, 0.05) is 25.1 Å². The van der Waals surface area contributed by atoms with Crippen molar-refractivity contribution in [3.8, 4) is 0 Å². The molecule has 0 aliphatic heterocycles. The molecule has 1 amide bonds. The quantitative estimate of drug-likeness (QED) is 0.748. The van der Waals surface area contributed by atoms with Crippen molar-refractivity contribution in [2.45, 2.75) is 12.6 Å². The number of carbonyl (C=O) groups is 1. The normalized spacial score (nSPS) is 11.7. The number of ether oxygens (including phenoxy) is 1. The molecule has 1 atom stereocenters. The van der Waals surface area contributed by atoms with E-state index in [4.69, 9.17) is 4.74 Å². The van der Waals surface area contributed by atoms with E-state index in [0.717, 1.165) is 16.7 Å². The molecule has 0 fully saturated rings. The first-order valence-corrected chi connectivity index (χ1v) is 8.11. The van der Waals surface area contributed by atoms with Crippen LogP contribution < -0.4 is 5.32 Å². The molecule has 2 aromatic carbocycles. The maximum absolute atomic E-state index is 12.7. The lowest BCUT2D eigenvalue weighted by Crippen LogP contribution is -2.29. The topological polar surface area (TPSA) is 51.2 Å². The van der Waals surface area contributed by atoms with Crippen LogP contribution in [0, 0.1) is 0 Å². The first-order chi connectivity index (χ1) is 12.3. The van der Waals surface area contributed by atoms with Crippen molar-refractivity contribution in [1.82, 2.24) is 10.3 Å². The fraction of sp³-hybridized carbons (Fsp3) is 0.143. The van der Waals surface area contributed by atoms with Crippen molar-refractivity contribution in [3.05, 3.63) is 101 Å². The van der Waals surface area contributed by atoms with Gasteiger partial charge < -0.3 is 10.1 Å². The molecule has 0 aliphatic carbocycles. The Morgan fingerprint density at radius 2 is 1.60 bits per heavy atom.